The molecule has 0 aliphatic heterocycles. The number of anilines is 1. The highest BCUT2D eigenvalue weighted by molar-refractivity contribution is 5.85. The highest BCUT2D eigenvalue weighted by atomic mass is 16.5. The van der Waals surface area contributed by atoms with E-state index in [4.69, 9.17) is 4.74 Å². The van der Waals surface area contributed by atoms with Crippen LogP contribution in [0.1, 0.15) is 6.92 Å². The van der Waals surface area contributed by atoms with Gasteiger partial charge in [0, 0.05) is 26.4 Å². The zero-order valence-corrected chi connectivity index (χ0v) is 9.77. The zero-order chi connectivity index (χ0) is 11.5. The third-order valence-corrected chi connectivity index (χ3v) is 2.44. The van der Waals surface area contributed by atoms with Crippen LogP contribution >= 0.6 is 0 Å². The molecule has 0 fully saturated rings. The maximum Gasteiger partial charge on any atom is 0.154 e. The van der Waals surface area contributed by atoms with Crippen LogP contribution in [0.15, 0.2) is 18.6 Å². The van der Waals surface area contributed by atoms with Crippen molar-refractivity contribution < 1.29 is 4.74 Å². The van der Waals surface area contributed by atoms with Gasteiger partial charge in [0.2, 0.25) is 0 Å². The van der Waals surface area contributed by atoms with Crippen molar-refractivity contribution in [2.75, 3.05) is 19.0 Å². The fraction of sp³-hybridized carbons (Fsp3) is 0.455. The lowest BCUT2D eigenvalue weighted by Crippen LogP contribution is -2.21. The van der Waals surface area contributed by atoms with Gasteiger partial charge in [-0.25, -0.2) is 9.97 Å². The fourth-order valence-electron chi connectivity index (χ4n) is 1.69. The first-order chi connectivity index (χ1) is 7.72. The van der Waals surface area contributed by atoms with Crippen molar-refractivity contribution in [2.24, 2.45) is 7.05 Å². The van der Waals surface area contributed by atoms with Crippen LogP contribution in [-0.2, 0) is 11.8 Å². The molecular weight excluding hydrogens is 204 g/mol. The molecule has 2 aromatic heterocycles. The Morgan fingerprint density at radius 3 is 3.06 bits per heavy atom. The normalized spacial score (nSPS) is 12.9. The third-order valence-electron chi connectivity index (χ3n) is 2.44. The van der Waals surface area contributed by atoms with E-state index in [-0.39, 0.29) is 6.04 Å². The van der Waals surface area contributed by atoms with E-state index in [2.05, 4.69) is 15.3 Å². The van der Waals surface area contributed by atoms with Crippen LogP contribution in [-0.4, -0.2) is 34.3 Å². The smallest absolute Gasteiger partial charge is 0.154 e. The van der Waals surface area contributed by atoms with Gasteiger partial charge >= 0.3 is 0 Å². The molecule has 1 atom stereocenters. The van der Waals surface area contributed by atoms with E-state index in [1.807, 2.05) is 24.6 Å². The summed E-state index contributed by atoms with van der Waals surface area (Å²) in [6.45, 7) is 2.69. The molecule has 0 aromatic carbocycles. The summed E-state index contributed by atoms with van der Waals surface area (Å²) < 4.78 is 7.05. The Labute approximate surface area is 94.5 Å². The molecule has 0 amide bonds. The highest BCUT2D eigenvalue weighted by Gasteiger charge is 2.09. The van der Waals surface area contributed by atoms with Gasteiger partial charge < -0.3 is 14.6 Å². The van der Waals surface area contributed by atoms with Crippen molar-refractivity contribution >= 4 is 16.9 Å². The number of hydrogen-bond donors (Lipinski definition) is 1. The largest absolute Gasteiger partial charge is 0.383 e. The van der Waals surface area contributed by atoms with Gasteiger partial charge in [-0.05, 0) is 13.0 Å². The monoisotopic (exact) mass is 220 g/mol. The van der Waals surface area contributed by atoms with Crippen molar-refractivity contribution in [3.8, 4) is 0 Å². The van der Waals surface area contributed by atoms with E-state index in [1.165, 1.54) is 0 Å². The second-order valence-corrected chi connectivity index (χ2v) is 3.88. The van der Waals surface area contributed by atoms with Crippen molar-refractivity contribution in [1.82, 2.24) is 14.5 Å². The molecule has 2 rings (SSSR count). The van der Waals surface area contributed by atoms with Crippen LogP contribution in [0, 0.1) is 0 Å². The molecule has 0 bridgehead atoms. The number of hydrogen-bond acceptors (Lipinski definition) is 4. The van der Waals surface area contributed by atoms with Crippen LogP contribution in [0.4, 0.5) is 5.82 Å². The quantitative estimate of drug-likeness (QED) is 0.846. The van der Waals surface area contributed by atoms with E-state index in [9.17, 15) is 0 Å². The lowest BCUT2D eigenvalue weighted by atomic mass is 10.3. The van der Waals surface area contributed by atoms with Crippen LogP contribution in [0.25, 0.3) is 11.0 Å². The molecule has 0 saturated carbocycles. The number of methoxy groups -OCH3 is 1. The molecule has 16 heavy (non-hydrogen) atoms. The molecular formula is C11H16N4O. The summed E-state index contributed by atoms with van der Waals surface area (Å²) >= 11 is 0. The minimum absolute atomic E-state index is 0.213. The average molecular weight is 220 g/mol. The lowest BCUT2D eigenvalue weighted by Gasteiger charge is -2.13. The Balaban J connectivity index is 2.30. The van der Waals surface area contributed by atoms with Crippen LogP contribution in [0.2, 0.25) is 0 Å². The van der Waals surface area contributed by atoms with E-state index in [0.717, 1.165) is 16.9 Å². The van der Waals surface area contributed by atoms with Gasteiger partial charge in [-0.1, -0.05) is 0 Å². The average Bonchev–Trinajstić information content (AvgIpc) is 2.62. The molecule has 0 aliphatic carbocycles. The molecule has 0 radical (unpaired) electrons. The van der Waals surface area contributed by atoms with Gasteiger partial charge in [-0.2, -0.15) is 0 Å². The zero-order valence-electron chi connectivity index (χ0n) is 9.77. The molecule has 0 spiro atoms. The number of rotatable bonds is 4. The Bertz CT molecular complexity index is 480. The number of ether oxygens (including phenoxy) is 1. The fourth-order valence-corrected chi connectivity index (χ4v) is 1.69. The highest BCUT2D eigenvalue weighted by Crippen LogP contribution is 2.18. The SMILES string of the molecule is COCC(C)Nc1nccc2c1ncn2C. The second kappa shape index (κ2) is 4.49. The van der Waals surface area contributed by atoms with Crippen LogP contribution in [0.3, 0.4) is 0 Å². The number of pyridine rings is 1. The first-order valence-electron chi connectivity index (χ1n) is 5.24. The first-order valence-corrected chi connectivity index (χ1v) is 5.24. The summed E-state index contributed by atoms with van der Waals surface area (Å²) in [5.74, 6) is 0.808. The summed E-state index contributed by atoms with van der Waals surface area (Å²) in [4.78, 5) is 8.63. The summed E-state index contributed by atoms with van der Waals surface area (Å²) in [6, 6.07) is 2.17. The van der Waals surface area contributed by atoms with Gasteiger partial charge in [0.25, 0.3) is 0 Å². The molecule has 86 valence electrons. The van der Waals surface area contributed by atoms with E-state index in [0.29, 0.717) is 6.61 Å². The molecule has 5 nitrogen and oxygen atoms in total. The Morgan fingerprint density at radius 2 is 2.31 bits per heavy atom. The van der Waals surface area contributed by atoms with E-state index >= 15 is 0 Å². The standard InChI is InChI=1S/C11H16N4O/c1-8(6-16-3)14-11-10-9(4-5-12-11)15(2)7-13-10/h4-5,7-8H,6H2,1-3H3,(H,12,14). The molecule has 5 heteroatoms. The van der Waals surface area contributed by atoms with E-state index < -0.39 is 0 Å². The predicted molar refractivity (Wildman–Crippen MR) is 63.5 cm³/mol. The summed E-state index contributed by atoms with van der Waals surface area (Å²) in [5, 5.41) is 3.29. The Kier molecular flexibility index (Phi) is 3.05. The number of aryl methyl sites for hydroxylation is 1. The maximum atomic E-state index is 5.08. The first kappa shape index (κ1) is 10.9. The minimum atomic E-state index is 0.213. The van der Waals surface area contributed by atoms with Crippen LogP contribution < -0.4 is 5.32 Å². The topological polar surface area (TPSA) is 52.0 Å². The van der Waals surface area contributed by atoms with Gasteiger partial charge in [-0.3, -0.25) is 0 Å². The van der Waals surface area contributed by atoms with Crippen molar-refractivity contribution in [3.05, 3.63) is 18.6 Å². The molecule has 1 unspecified atom stereocenters. The molecule has 0 aliphatic rings. The predicted octanol–water partition coefficient (Wildman–Crippen LogP) is 1.42. The molecule has 0 saturated heterocycles. The summed E-state index contributed by atoms with van der Waals surface area (Å²) in [5.41, 5.74) is 1.97. The number of aromatic nitrogens is 3. The van der Waals surface area contributed by atoms with Gasteiger partial charge in [0.1, 0.15) is 5.52 Å². The van der Waals surface area contributed by atoms with Gasteiger partial charge in [0.05, 0.1) is 18.5 Å². The van der Waals surface area contributed by atoms with Gasteiger partial charge in [0.15, 0.2) is 5.82 Å². The molecule has 2 heterocycles. The molecule has 1 N–H and O–H groups in total. The van der Waals surface area contributed by atoms with E-state index in [1.54, 1.807) is 19.6 Å². The second-order valence-electron chi connectivity index (χ2n) is 3.88. The van der Waals surface area contributed by atoms with Gasteiger partial charge in [-0.15, -0.1) is 0 Å². The number of imidazole rings is 1. The number of fused-ring (bicyclic) bond motifs is 1. The van der Waals surface area contributed by atoms with Crippen molar-refractivity contribution in [3.63, 3.8) is 0 Å². The summed E-state index contributed by atoms with van der Waals surface area (Å²) in [7, 11) is 3.66. The van der Waals surface area contributed by atoms with Crippen molar-refractivity contribution in [1.29, 1.82) is 0 Å². The lowest BCUT2D eigenvalue weighted by molar-refractivity contribution is 0.190. The Hall–Kier alpha value is -1.62. The number of nitrogens with one attached hydrogen (secondary N) is 1. The van der Waals surface area contributed by atoms with Crippen LogP contribution in [0.5, 0.6) is 0 Å². The minimum Gasteiger partial charge on any atom is -0.383 e. The maximum absolute atomic E-state index is 5.08. The Morgan fingerprint density at radius 1 is 1.50 bits per heavy atom. The summed E-state index contributed by atoms with van der Waals surface area (Å²) in [6.07, 6.45) is 3.57. The van der Waals surface area contributed by atoms with Crippen molar-refractivity contribution in [2.45, 2.75) is 13.0 Å². The molecule has 2 aromatic rings. The third kappa shape index (κ3) is 1.99. The number of nitrogens with zero attached hydrogens (tertiary/aromatic N) is 3.